The first kappa shape index (κ1) is 15.9. The van der Waals surface area contributed by atoms with Gasteiger partial charge in [-0.15, -0.1) is 0 Å². The Morgan fingerprint density at radius 3 is 2.44 bits per heavy atom. The molecule has 0 saturated heterocycles. The highest BCUT2D eigenvalue weighted by molar-refractivity contribution is 4.74. The molecule has 3 heteroatoms. The topological polar surface area (TPSA) is 24.5 Å². The molecule has 0 aliphatic heterocycles. The van der Waals surface area contributed by atoms with Gasteiger partial charge in [0.1, 0.15) is 0 Å². The summed E-state index contributed by atoms with van der Waals surface area (Å²) < 4.78 is 5.22. The van der Waals surface area contributed by atoms with Crippen LogP contribution in [0.15, 0.2) is 0 Å². The zero-order valence-corrected chi connectivity index (χ0v) is 11.8. The molecule has 0 spiro atoms. The standard InChI is InChI=1S/C13H30N2O/c1-6-8-9-15(12(3)7-2)10-13(14-4)11-16-5/h12-14H,6-11H2,1-5H3. The Bertz CT molecular complexity index is 153. The van der Waals surface area contributed by atoms with E-state index in [4.69, 9.17) is 4.74 Å². The van der Waals surface area contributed by atoms with Crippen molar-refractivity contribution in [3.63, 3.8) is 0 Å². The first-order valence-corrected chi connectivity index (χ1v) is 6.59. The third-order valence-electron chi connectivity index (χ3n) is 3.24. The van der Waals surface area contributed by atoms with E-state index >= 15 is 0 Å². The Kier molecular flexibility index (Phi) is 9.99. The highest BCUT2D eigenvalue weighted by atomic mass is 16.5. The van der Waals surface area contributed by atoms with Gasteiger partial charge in [-0.1, -0.05) is 20.3 Å². The summed E-state index contributed by atoms with van der Waals surface area (Å²) in [5.41, 5.74) is 0. The molecule has 98 valence electrons. The molecule has 0 saturated carbocycles. The quantitative estimate of drug-likeness (QED) is 0.622. The van der Waals surface area contributed by atoms with E-state index in [1.807, 2.05) is 7.05 Å². The number of hydrogen-bond acceptors (Lipinski definition) is 3. The molecule has 0 rings (SSSR count). The molecule has 0 amide bonds. The number of ether oxygens (including phenoxy) is 1. The fourth-order valence-electron chi connectivity index (χ4n) is 1.82. The minimum Gasteiger partial charge on any atom is -0.383 e. The minimum atomic E-state index is 0.441. The van der Waals surface area contributed by atoms with E-state index in [2.05, 4.69) is 31.0 Å². The predicted molar refractivity (Wildman–Crippen MR) is 71.0 cm³/mol. The zero-order chi connectivity index (χ0) is 12.4. The number of likely N-dealkylation sites (N-methyl/N-ethyl adjacent to an activating group) is 1. The molecule has 0 aromatic carbocycles. The maximum atomic E-state index is 5.22. The average Bonchev–Trinajstić information content (AvgIpc) is 2.32. The molecule has 0 bridgehead atoms. The summed E-state index contributed by atoms with van der Waals surface area (Å²) in [6.45, 7) is 9.89. The van der Waals surface area contributed by atoms with Crippen molar-refractivity contribution in [1.29, 1.82) is 0 Å². The smallest absolute Gasteiger partial charge is 0.0628 e. The summed E-state index contributed by atoms with van der Waals surface area (Å²) in [6, 6.07) is 1.11. The third kappa shape index (κ3) is 6.46. The first-order valence-electron chi connectivity index (χ1n) is 6.59. The van der Waals surface area contributed by atoms with Crippen LogP contribution in [0.4, 0.5) is 0 Å². The molecule has 0 aliphatic rings. The van der Waals surface area contributed by atoms with Crippen LogP contribution in [0.25, 0.3) is 0 Å². The molecular formula is C13H30N2O. The summed E-state index contributed by atoms with van der Waals surface area (Å²) in [6.07, 6.45) is 3.77. The van der Waals surface area contributed by atoms with Gasteiger partial charge in [-0.25, -0.2) is 0 Å². The third-order valence-corrected chi connectivity index (χ3v) is 3.24. The summed E-state index contributed by atoms with van der Waals surface area (Å²) in [7, 11) is 3.78. The van der Waals surface area contributed by atoms with E-state index in [0.29, 0.717) is 12.1 Å². The maximum Gasteiger partial charge on any atom is 0.0628 e. The predicted octanol–water partition coefficient (Wildman–Crippen LogP) is 2.12. The Balaban J connectivity index is 4.15. The van der Waals surface area contributed by atoms with Crippen molar-refractivity contribution in [2.24, 2.45) is 0 Å². The highest BCUT2D eigenvalue weighted by Gasteiger charge is 2.16. The van der Waals surface area contributed by atoms with E-state index in [0.717, 1.165) is 13.2 Å². The van der Waals surface area contributed by atoms with Gasteiger partial charge < -0.3 is 10.1 Å². The molecule has 2 unspecified atom stereocenters. The van der Waals surface area contributed by atoms with E-state index < -0.39 is 0 Å². The lowest BCUT2D eigenvalue weighted by Gasteiger charge is -2.31. The fourth-order valence-corrected chi connectivity index (χ4v) is 1.82. The summed E-state index contributed by atoms with van der Waals surface area (Å²) in [4.78, 5) is 2.57. The summed E-state index contributed by atoms with van der Waals surface area (Å²) >= 11 is 0. The van der Waals surface area contributed by atoms with Gasteiger partial charge in [-0.05, 0) is 33.4 Å². The molecule has 3 nitrogen and oxygen atoms in total. The molecule has 0 aromatic rings. The highest BCUT2D eigenvalue weighted by Crippen LogP contribution is 2.07. The fraction of sp³-hybridized carbons (Fsp3) is 1.00. The number of methoxy groups -OCH3 is 1. The van der Waals surface area contributed by atoms with E-state index in [-0.39, 0.29) is 0 Å². The molecule has 16 heavy (non-hydrogen) atoms. The van der Waals surface area contributed by atoms with Gasteiger partial charge in [0.25, 0.3) is 0 Å². The number of rotatable bonds is 10. The Hall–Kier alpha value is -0.120. The summed E-state index contributed by atoms with van der Waals surface area (Å²) in [5, 5.41) is 3.32. The normalized spacial score (nSPS) is 15.4. The van der Waals surface area contributed by atoms with Crippen molar-refractivity contribution in [2.45, 2.75) is 52.1 Å². The first-order chi connectivity index (χ1) is 7.69. The van der Waals surface area contributed by atoms with Crippen molar-refractivity contribution in [1.82, 2.24) is 10.2 Å². The lowest BCUT2D eigenvalue weighted by molar-refractivity contribution is 0.122. The van der Waals surface area contributed by atoms with Crippen molar-refractivity contribution < 1.29 is 4.74 Å². The average molecular weight is 230 g/mol. The van der Waals surface area contributed by atoms with Crippen LogP contribution in [0.2, 0.25) is 0 Å². The van der Waals surface area contributed by atoms with Gasteiger partial charge >= 0.3 is 0 Å². The molecular weight excluding hydrogens is 200 g/mol. The number of hydrogen-bond donors (Lipinski definition) is 1. The van der Waals surface area contributed by atoms with Gasteiger partial charge in [0.05, 0.1) is 6.61 Å². The SMILES string of the molecule is CCCCN(CC(COC)NC)C(C)CC. The minimum absolute atomic E-state index is 0.441. The summed E-state index contributed by atoms with van der Waals surface area (Å²) in [5.74, 6) is 0. The van der Waals surface area contributed by atoms with Gasteiger partial charge in [-0.2, -0.15) is 0 Å². The van der Waals surface area contributed by atoms with Crippen molar-refractivity contribution in [3.8, 4) is 0 Å². The Morgan fingerprint density at radius 2 is 2.00 bits per heavy atom. The van der Waals surface area contributed by atoms with Crippen molar-refractivity contribution in [2.75, 3.05) is 33.9 Å². The van der Waals surface area contributed by atoms with Gasteiger partial charge in [0.15, 0.2) is 0 Å². The molecule has 0 heterocycles. The van der Waals surface area contributed by atoms with Gasteiger partial charge in [-0.3, -0.25) is 4.90 Å². The monoisotopic (exact) mass is 230 g/mol. The largest absolute Gasteiger partial charge is 0.383 e. The molecule has 0 radical (unpaired) electrons. The van der Waals surface area contributed by atoms with Gasteiger partial charge in [0, 0.05) is 25.7 Å². The number of nitrogens with zero attached hydrogens (tertiary/aromatic N) is 1. The van der Waals surface area contributed by atoms with Crippen LogP contribution in [0.3, 0.4) is 0 Å². The van der Waals surface area contributed by atoms with Crippen LogP contribution in [-0.2, 0) is 4.74 Å². The molecule has 1 N–H and O–H groups in total. The number of nitrogens with one attached hydrogen (secondary N) is 1. The van der Waals surface area contributed by atoms with Crippen LogP contribution >= 0.6 is 0 Å². The van der Waals surface area contributed by atoms with E-state index in [1.54, 1.807) is 7.11 Å². The molecule has 0 aliphatic carbocycles. The van der Waals surface area contributed by atoms with Crippen LogP contribution in [0, 0.1) is 0 Å². The lowest BCUT2D eigenvalue weighted by Crippen LogP contribution is -2.45. The molecule has 0 fully saturated rings. The lowest BCUT2D eigenvalue weighted by atomic mass is 10.1. The van der Waals surface area contributed by atoms with Crippen molar-refractivity contribution >= 4 is 0 Å². The molecule has 0 aromatic heterocycles. The van der Waals surface area contributed by atoms with E-state index in [9.17, 15) is 0 Å². The second-order valence-electron chi connectivity index (χ2n) is 4.55. The van der Waals surface area contributed by atoms with Crippen LogP contribution in [-0.4, -0.2) is 50.8 Å². The van der Waals surface area contributed by atoms with Crippen LogP contribution in [0.5, 0.6) is 0 Å². The maximum absolute atomic E-state index is 5.22. The zero-order valence-electron chi connectivity index (χ0n) is 11.8. The Morgan fingerprint density at radius 1 is 1.31 bits per heavy atom. The second-order valence-corrected chi connectivity index (χ2v) is 4.55. The number of unbranched alkanes of at least 4 members (excludes halogenated alkanes) is 1. The van der Waals surface area contributed by atoms with Crippen LogP contribution in [0.1, 0.15) is 40.0 Å². The Labute approximate surface area is 102 Å². The van der Waals surface area contributed by atoms with Crippen LogP contribution < -0.4 is 5.32 Å². The van der Waals surface area contributed by atoms with Gasteiger partial charge in [0.2, 0.25) is 0 Å². The second kappa shape index (κ2) is 10.1. The molecule has 2 atom stereocenters. The van der Waals surface area contributed by atoms with E-state index in [1.165, 1.54) is 25.8 Å². The van der Waals surface area contributed by atoms with Crippen molar-refractivity contribution in [3.05, 3.63) is 0 Å².